The molecule has 3 aromatic heterocycles. The van der Waals surface area contributed by atoms with Crippen LogP contribution in [0.3, 0.4) is 0 Å². The third-order valence-corrected chi connectivity index (χ3v) is 8.38. The van der Waals surface area contributed by atoms with Crippen molar-refractivity contribution in [3.63, 3.8) is 0 Å². The standard InChI is InChI=1S/C23H18N4O4S3/c1-12-20(33-13(2)24-12)18(28)16-17(15-9-6-10-31-15)27(21(30)19(16)29)22-25-26-23(34-22)32-11-14-7-4-3-5-8-14/h3-10,17,29H,11H2,1-2H3. The largest absolute Gasteiger partial charge is 0.503 e. The summed E-state index contributed by atoms with van der Waals surface area (Å²) in [5.41, 5.74) is 1.63. The van der Waals surface area contributed by atoms with Gasteiger partial charge in [0.2, 0.25) is 10.9 Å². The van der Waals surface area contributed by atoms with E-state index in [9.17, 15) is 14.7 Å². The Kier molecular flexibility index (Phi) is 6.07. The second kappa shape index (κ2) is 9.16. The Labute approximate surface area is 207 Å². The van der Waals surface area contributed by atoms with Crippen LogP contribution in [0.2, 0.25) is 0 Å². The number of ketones is 1. The van der Waals surface area contributed by atoms with E-state index in [1.165, 1.54) is 45.6 Å². The number of aryl methyl sites for hydroxylation is 2. The summed E-state index contributed by atoms with van der Waals surface area (Å²) in [5, 5.41) is 20.2. The average molecular weight is 511 g/mol. The summed E-state index contributed by atoms with van der Waals surface area (Å²) in [6.07, 6.45) is 1.46. The Bertz CT molecular complexity index is 1390. The van der Waals surface area contributed by atoms with Crippen LogP contribution in [0.5, 0.6) is 0 Å². The highest BCUT2D eigenvalue weighted by molar-refractivity contribution is 8.00. The molecule has 34 heavy (non-hydrogen) atoms. The van der Waals surface area contributed by atoms with Crippen LogP contribution in [-0.2, 0) is 10.5 Å². The number of hydrogen-bond donors (Lipinski definition) is 1. The van der Waals surface area contributed by atoms with E-state index < -0.39 is 23.5 Å². The molecule has 1 aromatic carbocycles. The highest BCUT2D eigenvalue weighted by atomic mass is 32.2. The van der Waals surface area contributed by atoms with Crippen molar-refractivity contribution in [3.8, 4) is 0 Å². The molecule has 172 valence electrons. The van der Waals surface area contributed by atoms with Gasteiger partial charge in [-0.15, -0.1) is 21.5 Å². The summed E-state index contributed by atoms with van der Waals surface area (Å²) >= 11 is 3.94. The van der Waals surface area contributed by atoms with Crippen LogP contribution in [0.15, 0.2) is 68.8 Å². The van der Waals surface area contributed by atoms with Crippen molar-refractivity contribution in [2.75, 3.05) is 4.90 Å². The Hall–Kier alpha value is -3.28. The van der Waals surface area contributed by atoms with Gasteiger partial charge in [0.05, 0.1) is 27.4 Å². The Morgan fingerprint density at radius 3 is 2.62 bits per heavy atom. The molecule has 0 fully saturated rings. The SMILES string of the molecule is Cc1nc(C)c(C(=O)C2=C(O)C(=O)N(c3nnc(SCc4ccccc4)s3)C2c2ccco2)s1. The van der Waals surface area contributed by atoms with Crippen LogP contribution < -0.4 is 4.90 Å². The van der Waals surface area contributed by atoms with Gasteiger partial charge in [0, 0.05) is 5.75 Å². The van der Waals surface area contributed by atoms with Crippen molar-refractivity contribution in [2.24, 2.45) is 0 Å². The number of furan rings is 1. The summed E-state index contributed by atoms with van der Waals surface area (Å²) in [6.45, 7) is 3.53. The zero-order chi connectivity index (χ0) is 23.8. The van der Waals surface area contributed by atoms with Crippen LogP contribution >= 0.6 is 34.4 Å². The van der Waals surface area contributed by atoms with Crippen LogP contribution in [0.1, 0.15) is 37.7 Å². The zero-order valence-electron chi connectivity index (χ0n) is 18.1. The molecule has 0 radical (unpaired) electrons. The zero-order valence-corrected chi connectivity index (χ0v) is 20.5. The number of aliphatic hydroxyl groups is 1. The predicted molar refractivity (Wildman–Crippen MR) is 130 cm³/mol. The van der Waals surface area contributed by atoms with Crippen molar-refractivity contribution < 1.29 is 19.1 Å². The predicted octanol–water partition coefficient (Wildman–Crippen LogP) is 5.28. The van der Waals surface area contributed by atoms with Gasteiger partial charge in [0.25, 0.3) is 5.91 Å². The first kappa shape index (κ1) is 22.5. The molecule has 11 heteroatoms. The fourth-order valence-electron chi connectivity index (χ4n) is 3.69. The molecule has 8 nitrogen and oxygen atoms in total. The number of rotatable bonds is 7. The molecule has 0 bridgehead atoms. The molecule has 0 spiro atoms. The Morgan fingerprint density at radius 1 is 1.15 bits per heavy atom. The summed E-state index contributed by atoms with van der Waals surface area (Å²) in [7, 11) is 0. The number of Topliss-reactive ketones (excluding diaryl/α,β-unsaturated/α-hetero) is 1. The van der Waals surface area contributed by atoms with Crippen molar-refractivity contribution in [2.45, 2.75) is 30.0 Å². The topological polar surface area (TPSA) is 109 Å². The highest BCUT2D eigenvalue weighted by Crippen LogP contribution is 2.44. The van der Waals surface area contributed by atoms with Crippen LogP contribution in [-0.4, -0.2) is 32.0 Å². The number of carbonyl (C=O) groups excluding carboxylic acids is 2. The average Bonchev–Trinajstić information content (AvgIpc) is 3.61. The number of carbonyl (C=O) groups is 2. The van der Waals surface area contributed by atoms with Gasteiger partial charge in [-0.25, -0.2) is 4.98 Å². The van der Waals surface area contributed by atoms with Crippen molar-refractivity contribution in [3.05, 3.63) is 87.0 Å². The lowest BCUT2D eigenvalue weighted by atomic mass is 10.00. The number of aliphatic hydroxyl groups excluding tert-OH is 1. The number of nitrogens with zero attached hydrogens (tertiary/aromatic N) is 4. The van der Waals surface area contributed by atoms with Gasteiger partial charge in [0.1, 0.15) is 11.8 Å². The van der Waals surface area contributed by atoms with E-state index in [2.05, 4.69) is 15.2 Å². The number of thiazole rings is 1. The summed E-state index contributed by atoms with van der Waals surface area (Å²) in [5.74, 6) is -0.762. The summed E-state index contributed by atoms with van der Waals surface area (Å²) < 4.78 is 6.24. The molecule has 1 aliphatic rings. The molecule has 0 saturated carbocycles. The third-order valence-electron chi connectivity index (χ3n) is 5.18. The van der Waals surface area contributed by atoms with Crippen molar-refractivity contribution in [1.82, 2.24) is 15.2 Å². The van der Waals surface area contributed by atoms with Crippen molar-refractivity contribution >= 4 is 51.3 Å². The maximum absolute atomic E-state index is 13.5. The van der Waals surface area contributed by atoms with E-state index in [0.717, 1.165) is 10.6 Å². The van der Waals surface area contributed by atoms with Gasteiger partial charge in [-0.1, -0.05) is 53.4 Å². The second-order valence-corrected chi connectivity index (χ2v) is 10.8. The molecule has 5 rings (SSSR count). The third kappa shape index (κ3) is 4.06. The second-order valence-electron chi connectivity index (χ2n) is 7.46. The summed E-state index contributed by atoms with van der Waals surface area (Å²) in [4.78, 5) is 32.6. The van der Waals surface area contributed by atoms with Gasteiger partial charge in [-0.2, -0.15) is 0 Å². The van der Waals surface area contributed by atoms with E-state index in [1.807, 2.05) is 30.3 Å². The number of thioether (sulfide) groups is 1. The number of anilines is 1. The molecule has 1 N–H and O–H groups in total. The Morgan fingerprint density at radius 2 is 1.94 bits per heavy atom. The van der Waals surface area contributed by atoms with Crippen LogP contribution in [0.25, 0.3) is 0 Å². The van der Waals surface area contributed by atoms with E-state index in [1.54, 1.807) is 26.0 Å². The van der Waals surface area contributed by atoms with E-state index >= 15 is 0 Å². The van der Waals surface area contributed by atoms with Gasteiger partial charge < -0.3 is 9.52 Å². The number of benzene rings is 1. The lowest BCUT2D eigenvalue weighted by Gasteiger charge is -2.21. The van der Waals surface area contributed by atoms with E-state index in [4.69, 9.17) is 4.42 Å². The molecule has 1 aliphatic heterocycles. The maximum atomic E-state index is 13.5. The fraction of sp³-hybridized carbons (Fsp3) is 0.174. The number of hydrogen-bond acceptors (Lipinski definition) is 10. The van der Waals surface area contributed by atoms with Gasteiger partial charge in [-0.05, 0) is 31.5 Å². The number of amides is 1. The normalized spacial score (nSPS) is 16.0. The smallest absolute Gasteiger partial charge is 0.296 e. The van der Waals surface area contributed by atoms with Crippen LogP contribution in [0, 0.1) is 13.8 Å². The molecule has 4 heterocycles. The molecular formula is C23H18N4O4S3. The quantitative estimate of drug-likeness (QED) is 0.203. The van der Waals surface area contributed by atoms with Crippen LogP contribution in [0.4, 0.5) is 5.13 Å². The Balaban J connectivity index is 1.48. The van der Waals surface area contributed by atoms with E-state index in [0.29, 0.717) is 26.4 Å². The monoisotopic (exact) mass is 510 g/mol. The lowest BCUT2D eigenvalue weighted by Crippen LogP contribution is -2.30. The molecule has 1 atom stereocenters. The molecule has 0 saturated heterocycles. The minimum atomic E-state index is -0.961. The first-order chi connectivity index (χ1) is 16.4. The number of aromatic nitrogens is 3. The lowest BCUT2D eigenvalue weighted by molar-refractivity contribution is -0.117. The molecular weight excluding hydrogens is 492 g/mol. The molecule has 1 unspecified atom stereocenters. The van der Waals surface area contributed by atoms with Crippen molar-refractivity contribution in [1.29, 1.82) is 0 Å². The first-order valence-corrected chi connectivity index (χ1v) is 12.8. The highest BCUT2D eigenvalue weighted by Gasteiger charge is 2.48. The molecule has 4 aromatic rings. The van der Waals surface area contributed by atoms with Gasteiger partial charge in [-0.3, -0.25) is 14.5 Å². The van der Waals surface area contributed by atoms with E-state index in [-0.39, 0.29) is 10.7 Å². The van der Waals surface area contributed by atoms with Gasteiger partial charge >= 0.3 is 0 Å². The maximum Gasteiger partial charge on any atom is 0.296 e. The van der Waals surface area contributed by atoms with Gasteiger partial charge in [0.15, 0.2) is 10.1 Å². The minimum absolute atomic E-state index is 0.0552. The summed E-state index contributed by atoms with van der Waals surface area (Å²) in [6, 6.07) is 12.3. The first-order valence-electron chi connectivity index (χ1n) is 10.2. The molecule has 1 amide bonds. The minimum Gasteiger partial charge on any atom is -0.503 e. The molecule has 0 aliphatic carbocycles. The fourth-order valence-corrected chi connectivity index (χ4v) is 6.39.